The number of allylic oxidation sites excluding steroid dienone is 1. The Morgan fingerprint density at radius 2 is 1.75 bits per heavy atom. The number of hydrogen-bond acceptors (Lipinski definition) is 0. The molecule has 0 aromatic heterocycles. The Balaban J connectivity index is 1.93. The Morgan fingerprint density at radius 3 is 2.60 bits per heavy atom. The lowest BCUT2D eigenvalue weighted by Crippen LogP contribution is -2.06. The van der Waals surface area contributed by atoms with Gasteiger partial charge in [0.2, 0.25) is 0 Å². The minimum atomic E-state index is 0.759. The lowest BCUT2D eigenvalue weighted by molar-refractivity contribution is 0.403. The molecule has 0 bridgehead atoms. The average Bonchev–Trinajstić information content (AvgIpc) is 2.53. The standard InChI is InChI=1S/C20H22/c1-16(17-8-3-2-4-9-17)14-15-19-12-7-11-18-10-5-6-13-20(18)19/h5-7,10-13,15,17H,2-4,8-9H2,1H3. The first-order valence-electron chi connectivity index (χ1n) is 7.75. The summed E-state index contributed by atoms with van der Waals surface area (Å²) in [6, 6.07) is 15.1. The van der Waals surface area contributed by atoms with Crippen LogP contribution in [0.2, 0.25) is 0 Å². The molecule has 0 amide bonds. The molecule has 0 nitrogen and oxygen atoms in total. The van der Waals surface area contributed by atoms with Gasteiger partial charge in [0, 0.05) is 0 Å². The van der Waals surface area contributed by atoms with Gasteiger partial charge in [-0.15, -0.1) is 5.73 Å². The van der Waals surface area contributed by atoms with Gasteiger partial charge in [0.25, 0.3) is 0 Å². The molecule has 0 heteroatoms. The highest BCUT2D eigenvalue weighted by atomic mass is 14.2. The van der Waals surface area contributed by atoms with Crippen molar-refractivity contribution in [3.05, 3.63) is 59.3 Å². The fourth-order valence-electron chi connectivity index (χ4n) is 3.22. The molecule has 2 aromatic rings. The zero-order chi connectivity index (χ0) is 13.8. The molecule has 0 heterocycles. The third kappa shape index (κ3) is 2.86. The highest BCUT2D eigenvalue weighted by Crippen LogP contribution is 2.29. The summed E-state index contributed by atoms with van der Waals surface area (Å²) in [6.07, 6.45) is 9.06. The van der Waals surface area contributed by atoms with Crippen molar-refractivity contribution in [2.24, 2.45) is 5.92 Å². The van der Waals surface area contributed by atoms with Crippen LogP contribution in [0.4, 0.5) is 0 Å². The molecular weight excluding hydrogens is 240 g/mol. The van der Waals surface area contributed by atoms with Crippen molar-refractivity contribution in [3.63, 3.8) is 0 Å². The van der Waals surface area contributed by atoms with Crippen molar-refractivity contribution in [3.8, 4) is 0 Å². The van der Waals surface area contributed by atoms with E-state index in [2.05, 4.69) is 61.2 Å². The number of rotatable bonds is 2. The molecule has 1 saturated carbocycles. The largest absolute Gasteiger partial charge is 0.121 e. The monoisotopic (exact) mass is 262 g/mol. The van der Waals surface area contributed by atoms with Crippen LogP contribution in [-0.2, 0) is 0 Å². The normalized spacial score (nSPS) is 15.8. The molecular formula is C20H22. The Labute approximate surface area is 121 Å². The van der Waals surface area contributed by atoms with E-state index in [0.717, 1.165) is 5.92 Å². The predicted molar refractivity (Wildman–Crippen MR) is 87.7 cm³/mol. The number of benzene rings is 2. The van der Waals surface area contributed by atoms with E-state index in [0.29, 0.717) is 0 Å². The molecule has 0 atom stereocenters. The van der Waals surface area contributed by atoms with Gasteiger partial charge in [-0.25, -0.2) is 0 Å². The van der Waals surface area contributed by atoms with Crippen LogP contribution < -0.4 is 0 Å². The second kappa shape index (κ2) is 6.11. The maximum absolute atomic E-state index is 3.55. The molecule has 0 unspecified atom stereocenters. The summed E-state index contributed by atoms with van der Waals surface area (Å²) >= 11 is 0. The first-order valence-corrected chi connectivity index (χ1v) is 7.75. The Kier molecular flexibility index (Phi) is 4.04. The first kappa shape index (κ1) is 13.2. The molecule has 0 N–H and O–H groups in total. The third-order valence-electron chi connectivity index (χ3n) is 4.50. The van der Waals surface area contributed by atoms with E-state index in [9.17, 15) is 0 Å². The number of fused-ring (bicyclic) bond motifs is 1. The van der Waals surface area contributed by atoms with Crippen LogP contribution in [0.1, 0.15) is 44.6 Å². The van der Waals surface area contributed by atoms with Crippen LogP contribution in [0.15, 0.2) is 53.8 Å². The zero-order valence-electron chi connectivity index (χ0n) is 12.2. The summed E-state index contributed by atoms with van der Waals surface area (Å²) in [6.45, 7) is 2.25. The van der Waals surface area contributed by atoms with Gasteiger partial charge in [-0.2, -0.15) is 0 Å². The summed E-state index contributed by atoms with van der Waals surface area (Å²) in [7, 11) is 0. The van der Waals surface area contributed by atoms with Crippen molar-refractivity contribution in [2.45, 2.75) is 39.0 Å². The maximum atomic E-state index is 3.55. The fraction of sp³-hybridized carbons (Fsp3) is 0.350. The van der Waals surface area contributed by atoms with Crippen LogP contribution in [0.3, 0.4) is 0 Å². The molecule has 102 valence electrons. The van der Waals surface area contributed by atoms with Gasteiger partial charge >= 0.3 is 0 Å². The van der Waals surface area contributed by atoms with Crippen LogP contribution >= 0.6 is 0 Å². The Morgan fingerprint density at radius 1 is 1.00 bits per heavy atom. The van der Waals surface area contributed by atoms with Crippen LogP contribution in [-0.4, -0.2) is 0 Å². The van der Waals surface area contributed by atoms with Crippen LogP contribution in [0.5, 0.6) is 0 Å². The van der Waals surface area contributed by atoms with Crippen LogP contribution in [0, 0.1) is 5.92 Å². The molecule has 20 heavy (non-hydrogen) atoms. The predicted octanol–water partition coefficient (Wildman–Crippen LogP) is 5.98. The molecule has 1 aliphatic carbocycles. The van der Waals surface area contributed by atoms with Gasteiger partial charge in [-0.1, -0.05) is 61.7 Å². The first-order chi connectivity index (χ1) is 9.84. The minimum Gasteiger partial charge on any atom is -0.121 e. The van der Waals surface area contributed by atoms with Crippen molar-refractivity contribution in [2.75, 3.05) is 0 Å². The van der Waals surface area contributed by atoms with E-state index in [1.165, 1.54) is 54.0 Å². The van der Waals surface area contributed by atoms with E-state index >= 15 is 0 Å². The van der Waals surface area contributed by atoms with E-state index in [-0.39, 0.29) is 0 Å². The molecule has 1 fully saturated rings. The third-order valence-corrected chi connectivity index (χ3v) is 4.50. The molecule has 0 saturated heterocycles. The summed E-state index contributed by atoms with van der Waals surface area (Å²) in [5, 5.41) is 2.62. The van der Waals surface area contributed by atoms with Crippen molar-refractivity contribution in [1.82, 2.24) is 0 Å². The van der Waals surface area contributed by atoms with Crippen LogP contribution in [0.25, 0.3) is 16.8 Å². The fourth-order valence-corrected chi connectivity index (χ4v) is 3.22. The zero-order valence-corrected chi connectivity index (χ0v) is 12.2. The van der Waals surface area contributed by atoms with E-state index < -0.39 is 0 Å². The van der Waals surface area contributed by atoms with Gasteiger partial charge in [-0.3, -0.25) is 0 Å². The lowest BCUT2D eigenvalue weighted by atomic mass is 9.85. The Bertz CT molecular complexity index is 645. The quantitative estimate of drug-likeness (QED) is 0.584. The Hall–Kier alpha value is -1.78. The smallest absolute Gasteiger partial charge is 0.0101 e. The van der Waals surface area contributed by atoms with E-state index in [4.69, 9.17) is 0 Å². The summed E-state index contributed by atoms with van der Waals surface area (Å²) in [5.41, 5.74) is 6.26. The summed E-state index contributed by atoms with van der Waals surface area (Å²) in [5.74, 6) is 0.759. The van der Waals surface area contributed by atoms with E-state index in [1.54, 1.807) is 0 Å². The van der Waals surface area contributed by atoms with Crippen molar-refractivity contribution in [1.29, 1.82) is 0 Å². The number of hydrogen-bond donors (Lipinski definition) is 0. The molecule has 0 aliphatic heterocycles. The molecule has 1 aliphatic rings. The summed E-state index contributed by atoms with van der Waals surface area (Å²) < 4.78 is 0. The maximum Gasteiger partial charge on any atom is -0.0101 e. The van der Waals surface area contributed by atoms with Gasteiger partial charge in [0.1, 0.15) is 0 Å². The van der Waals surface area contributed by atoms with Gasteiger partial charge in [0.15, 0.2) is 0 Å². The van der Waals surface area contributed by atoms with Crippen molar-refractivity contribution < 1.29 is 0 Å². The minimum absolute atomic E-state index is 0.759. The topological polar surface area (TPSA) is 0 Å². The van der Waals surface area contributed by atoms with E-state index in [1.807, 2.05) is 0 Å². The van der Waals surface area contributed by atoms with Gasteiger partial charge in [0.05, 0.1) is 0 Å². The average molecular weight is 262 g/mol. The molecule has 2 aromatic carbocycles. The molecule has 0 spiro atoms. The second-order valence-corrected chi connectivity index (χ2v) is 5.87. The molecule has 3 rings (SSSR count). The van der Waals surface area contributed by atoms with Gasteiger partial charge < -0.3 is 0 Å². The van der Waals surface area contributed by atoms with Crippen molar-refractivity contribution >= 4 is 16.8 Å². The SMILES string of the molecule is CC(=C=Cc1cccc2ccccc12)C1CCCCC1. The summed E-state index contributed by atoms with van der Waals surface area (Å²) in [4.78, 5) is 0. The molecule has 0 radical (unpaired) electrons. The second-order valence-electron chi connectivity index (χ2n) is 5.87. The highest BCUT2D eigenvalue weighted by Gasteiger charge is 2.14. The highest BCUT2D eigenvalue weighted by molar-refractivity contribution is 5.90. The van der Waals surface area contributed by atoms with Gasteiger partial charge in [-0.05, 0) is 53.7 Å². The lowest BCUT2D eigenvalue weighted by Gasteiger charge is -2.20.